The van der Waals surface area contributed by atoms with Crippen LogP contribution in [-0.4, -0.2) is 57.6 Å². The van der Waals surface area contributed by atoms with Crippen LogP contribution < -0.4 is 0 Å². The van der Waals surface area contributed by atoms with Gasteiger partial charge in [0.15, 0.2) is 11.0 Å². The molecule has 0 saturated carbocycles. The Morgan fingerprint density at radius 3 is 2.80 bits per heavy atom. The van der Waals surface area contributed by atoms with E-state index >= 15 is 0 Å². The summed E-state index contributed by atoms with van der Waals surface area (Å²) >= 11 is 1.47. The lowest BCUT2D eigenvalue weighted by Crippen LogP contribution is -2.41. The van der Waals surface area contributed by atoms with Gasteiger partial charge in [-0.05, 0) is 19.4 Å². The first-order chi connectivity index (χ1) is 12.2. The Labute approximate surface area is 152 Å². The molecule has 0 bridgehead atoms. The number of aryl methyl sites for hydroxylation is 1. The lowest BCUT2D eigenvalue weighted by Gasteiger charge is -2.26. The number of ether oxygens (including phenoxy) is 1. The molecule has 7 heteroatoms. The minimum atomic E-state index is 0.136. The molecule has 134 valence electrons. The predicted molar refractivity (Wildman–Crippen MR) is 98.6 cm³/mol. The van der Waals surface area contributed by atoms with Crippen LogP contribution in [0.25, 0.3) is 11.4 Å². The van der Waals surface area contributed by atoms with Gasteiger partial charge in [-0.1, -0.05) is 42.4 Å². The van der Waals surface area contributed by atoms with Crippen molar-refractivity contribution >= 4 is 17.7 Å². The summed E-state index contributed by atoms with van der Waals surface area (Å²) in [6, 6.07) is 8.27. The molecule has 25 heavy (non-hydrogen) atoms. The van der Waals surface area contributed by atoms with Crippen LogP contribution in [-0.2, 0) is 16.1 Å². The summed E-state index contributed by atoms with van der Waals surface area (Å²) in [7, 11) is 0. The van der Waals surface area contributed by atoms with Crippen molar-refractivity contribution in [2.45, 2.75) is 32.0 Å². The molecule has 6 nitrogen and oxygen atoms in total. The third-order valence-corrected chi connectivity index (χ3v) is 5.08. The molecular weight excluding hydrogens is 336 g/mol. The van der Waals surface area contributed by atoms with E-state index in [2.05, 4.69) is 46.8 Å². The average molecular weight is 360 g/mol. The third kappa shape index (κ3) is 4.41. The smallest absolute Gasteiger partial charge is 0.233 e. The second kappa shape index (κ2) is 8.49. The molecule has 3 rings (SSSR count). The Kier molecular flexibility index (Phi) is 6.09. The first-order valence-corrected chi connectivity index (χ1v) is 9.66. The third-order valence-electron chi connectivity index (χ3n) is 4.13. The van der Waals surface area contributed by atoms with Gasteiger partial charge in [0.1, 0.15) is 0 Å². The van der Waals surface area contributed by atoms with E-state index < -0.39 is 0 Å². The number of hydrogen-bond acceptors (Lipinski definition) is 5. The van der Waals surface area contributed by atoms with Crippen LogP contribution in [0.1, 0.15) is 18.9 Å². The molecule has 1 aromatic heterocycles. The highest BCUT2D eigenvalue weighted by Crippen LogP contribution is 2.25. The molecule has 1 fully saturated rings. The van der Waals surface area contributed by atoms with Crippen LogP contribution in [0.5, 0.6) is 0 Å². The Morgan fingerprint density at radius 1 is 1.28 bits per heavy atom. The molecule has 0 unspecified atom stereocenters. The lowest BCUT2D eigenvalue weighted by molar-refractivity contribution is -0.132. The summed E-state index contributed by atoms with van der Waals surface area (Å²) in [4.78, 5) is 14.2. The van der Waals surface area contributed by atoms with E-state index in [1.807, 2.05) is 11.0 Å². The van der Waals surface area contributed by atoms with Gasteiger partial charge in [-0.3, -0.25) is 4.79 Å². The summed E-state index contributed by atoms with van der Waals surface area (Å²) in [6.07, 6.45) is 0.988. The standard InChI is InChI=1S/C18H24N4O2S/c1-3-7-22-17(15-6-4-5-14(2)12-15)19-20-18(22)25-13-16(23)21-8-10-24-11-9-21/h4-6,12H,3,7-11,13H2,1-2H3. The second-order valence-corrected chi connectivity index (χ2v) is 7.05. The van der Waals surface area contributed by atoms with E-state index in [1.54, 1.807) is 0 Å². The van der Waals surface area contributed by atoms with Gasteiger partial charge in [0.25, 0.3) is 0 Å². The first kappa shape index (κ1) is 17.9. The van der Waals surface area contributed by atoms with Crippen molar-refractivity contribution in [3.63, 3.8) is 0 Å². The van der Waals surface area contributed by atoms with Crippen LogP contribution in [0, 0.1) is 6.92 Å². The van der Waals surface area contributed by atoms with E-state index in [1.165, 1.54) is 17.3 Å². The summed E-state index contributed by atoms with van der Waals surface area (Å²) in [6.45, 7) is 7.64. The zero-order valence-corrected chi connectivity index (χ0v) is 15.6. The molecule has 0 N–H and O–H groups in total. The fourth-order valence-electron chi connectivity index (χ4n) is 2.85. The first-order valence-electron chi connectivity index (χ1n) is 8.67. The molecule has 1 aliphatic heterocycles. The second-order valence-electron chi connectivity index (χ2n) is 6.11. The maximum Gasteiger partial charge on any atom is 0.233 e. The number of carbonyl (C=O) groups is 1. The van der Waals surface area contributed by atoms with Crippen molar-refractivity contribution in [1.29, 1.82) is 0 Å². The number of benzene rings is 1. The number of rotatable bonds is 6. The molecular formula is C18H24N4O2S. The molecule has 2 heterocycles. The number of carbonyl (C=O) groups excluding carboxylic acids is 1. The van der Waals surface area contributed by atoms with Crippen LogP contribution in [0.2, 0.25) is 0 Å². The van der Waals surface area contributed by atoms with E-state index in [0.717, 1.165) is 29.5 Å². The minimum absolute atomic E-state index is 0.136. The molecule has 0 aliphatic carbocycles. The highest BCUT2D eigenvalue weighted by atomic mass is 32.2. The van der Waals surface area contributed by atoms with Gasteiger partial charge in [0, 0.05) is 25.2 Å². The maximum atomic E-state index is 12.4. The van der Waals surface area contributed by atoms with Crippen LogP contribution in [0.15, 0.2) is 29.4 Å². The number of morpholine rings is 1. The number of thioether (sulfide) groups is 1. The van der Waals surface area contributed by atoms with Gasteiger partial charge in [-0.15, -0.1) is 10.2 Å². The van der Waals surface area contributed by atoms with E-state index in [4.69, 9.17) is 4.74 Å². The Bertz CT molecular complexity index is 726. The molecule has 0 atom stereocenters. The van der Waals surface area contributed by atoms with Crippen molar-refractivity contribution in [3.05, 3.63) is 29.8 Å². The van der Waals surface area contributed by atoms with Gasteiger partial charge >= 0.3 is 0 Å². The van der Waals surface area contributed by atoms with Gasteiger partial charge in [0.05, 0.1) is 19.0 Å². The highest BCUT2D eigenvalue weighted by molar-refractivity contribution is 7.99. The largest absolute Gasteiger partial charge is 0.378 e. The van der Waals surface area contributed by atoms with Gasteiger partial charge in [-0.25, -0.2) is 0 Å². The van der Waals surface area contributed by atoms with Crippen LogP contribution in [0.3, 0.4) is 0 Å². The van der Waals surface area contributed by atoms with Crippen molar-refractivity contribution in [3.8, 4) is 11.4 Å². The van der Waals surface area contributed by atoms with Crippen molar-refractivity contribution in [2.75, 3.05) is 32.1 Å². The van der Waals surface area contributed by atoms with Crippen molar-refractivity contribution in [1.82, 2.24) is 19.7 Å². The zero-order chi connectivity index (χ0) is 17.6. The molecule has 0 spiro atoms. The number of hydrogen-bond donors (Lipinski definition) is 0. The van der Waals surface area contributed by atoms with Gasteiger partial charge in [0.2, 0.25) is 5.91 Å². The normalized spacial score (nSPS) is 14.7. The average Bonchev–Trinajstić information content (AvgIpc) is 3.03. The predicted octanol–water partition coefficient (Wildman–Crippen LogP) is 2.61. The Balaban J connectivity index is 1.74. The molecule has 1 aromatic carbocycles. The lowest BCUT2D eigenvalue weighted by atomic mass is 10.1. The number of nitrogens with zero attached hydrogens (tertiary/aromatic N) is 4. The number of aromatic nitrogens is 3. The number of amides is 1. The Hall–Kier alpha value is -1.86. The van der Waals surface area contributed by atoms with E-state index in [9.17, 15) is 4.79 Å². The van der Waals surface area contributed by atoms with Crippen LogP contribution in [0.4, 0.5) is 0 Å². The van der Waals surface area contributed by atoms with Crippen molar-refractivity contribution < 1.29 is 9.53 Å². The monoisotopic (exact) mass is 360 g/mol. The zero-order valence-electron chi connectivity index (χ0n) is 14.8. The highest BCUT2D eigenvalue weighted by Gasteiger charge is 2.19. The maximum absolute atomic E-state index is 12.4. The summed E-state index contributed by atoms with van der Waals surface area (Å²) < 4.78 is 7.42. The molecule has 1 aliphatic rings. The van der Waals surface area contributed by atoms with E-state index in [-0.39, 0.29) is 5.91 Å². The van der Waals surface area contributed by atoms with Crippen LogP contribution >= 0.6 is 11.8 Å². The Morgan fingerprint density at radius 2 is 2.08 bits per heavy atom. The SMILES string of the molecule is CCCn1c(SCC(=O)N2CCOCC2)nnc1-c1cccc(C)c1. The van der Waals surface area contributed by atoms with Gasteiger partial charge < -0.3 is 14.2 Å². The van der Waals surface area contributed by atoms with Crippen molar-refractivity contribution in [2.24, 2.45) is 0 Å². The topological polar surface area (TPSA) is 60.2 Å². The summed E-state index contributed by atoms with van der Waals surface area (Å²) in [5.74, 6) is 1.39. The van der Waals surface area contributed by atoms with Gasteiger partial charge in [-0.2, -0.15) is 0 Å². The summed E-state index contributed by atoms with van der Waals surface area (Å²) in [5.41, 5.74) is 2.26. The fraction of sp³-hybridized carbons (Fsp3) is 0.500. The minimum Gasteiger partial charge on any atom is -0.378 e. The summed E-state index contributed by atoms with van der Waals surface area (Å²) in [5, 5.41) is 9.53. The molecule has 1 amide bonds. The molecule has 0 radical (unpaired) electrons. The quantitative estimate of drug-likeness (QED) is 0.741. The fourth-order valence-corrected chi connectivity index (χ4v) is 3.72. The molecule has 2 aromatic rings. The molecule has 1 saturated heterocycles. The van der Waals surface area contributed by atoms with E-state index in [0.29, 0.717) is 32.1 Å².